The number of halogens is 1. The van der Waals surface area contributed by atoms with Crippen LogP contribution in [0, 0.1) is 0 Å². The Morgan fingerprint density at radius 3 is 2.84 bits per heavy atom. The van der Waals surface area contributed by atoms with E-state index in [0.717, 1.165) is 41.0 Å². The van der Waals surface area contributed by atoms with Crippen LogP contribution in [-0.4, -0.2) is 34.7 Å². The lowest BCUT2D eigenvalue weighted by Gasteiger charge is -2.21. The SMILES string of the molecule is CCCN(CCO)Cc1ccc(Cl)c2cccnc12. The number of nitrogens with zero attached hydrogens (tertiary/aromatic N) is 2. The van der Waals surface area contributed by atoms with Gasteiger partial charge in [-0.25, -0.2) is 0 Å². The Morgan fingerprint density at radius 2 is 2.11 bits per heavy atom. The summed E-state index contributed by atoms with van der Waals surface area (Å²) in [6.07, 6.45) is 2.86. The fourth-order valence-corrected chi connectivity index (χ4v) is 2.51. The molecule has 1 N–H and O–H groups in total. The molecular weight excluding hydrogens is 260 g/mol. The molecule has 3 nitrogen and oxygen atoms in total. The molecule has 0 fully saturated rings. The molecule has 1 aromatic heterocycles. The number of fused-ring (bicyclic) bond motifs is 1. The summed E-state index contributed by atoms with van der Waals surface area (Å²) in [5.41, 5.74) is 2.11. The summed E-state index contributed by atoms with van der Waals surface area (Å²) in [5.74, 6) is 0. The van der Waals surface area contributed by atoms with Crippen LogP contribution in [0.5, 0.6) is 0 Å². The topological polar surface area (TPSA) is 36.4 Å². The van der Waals surface area contributed by atoms with Crippen LogP contribution < -0.4 is 0 Å². The highest BCUT2D eigenvalue weighted by Crippen LogP contribution is 2.25. The summed E-state index contributed by atoms with van der Waals surface area (Å²) in [7, 11) is 0. The molecule has 0 saturated heterocycles. The second-order valence-electron chi connectivity index (χ2n) is 4.61. The van der Waals surface area contributed by atoms with Gasteiger partial charge in [-0.15, -0.1) is 0 Å². The maximum absolute atomic E-state index is 9.12. The average molecular weight is 279 g/mol. The van der Waals surface area contributed by atoms with Crippen molar-refractivity contribution in [3.8, 4) is 0 Å². The van der Waals surface area contributed by atoms with Gasteiger partial charge in [-0.2, -0.15) is 0 Å². The van der Waals surface area contributed by atoms with Crippen molar-refractivity contribution in [3.05, 3.63) is 41.0 Å². The molecule has 102 valence electrons. The zero-order valence-electron chi connectivity index (χ0n) is 11.1. The Balaban J connectivity index is 2.31. The molecule has 0 saturated carbocycles. The van der Waals surface area contributed by atoms with Crippen molar-refractivity contribution in [2.75, 3.05) is 19.7 Å². The number of aliphatic hydroxyl groups excluding tert-OH is 1. The Labute approximate surface area is 118 Å². The van der Waals surface area contributed by atoms with Crippen LogP contribution in [0.3, 0.4) is 0 Å². The van der Waals surface area contributed by atoms with E-state index in [2.05, 4.69) is 16.8 Å². The molecule has 19 heavy (non-hydrogen) atoms. The Kier molecular flexibility index (Phi) is 5.14. The molecule has 4 heteroatoms. The first-order valence-electron chi connectivity index (χ1n) is 6.61. The monoisotopic (exact) mass is 278 g/mol. The van der Waals surface area contributed by atoms with Gasteiger partial charge in [0.1, 0.15) is 0 Å². The molecule has 0 atom stereocenters. The summed E-state index contributed by atoms with van der Waals surface area (Å²) in [6.45, 7) is 4.77. The van der Waals surface area contributed by atoms with Crippen LogP contribution in [0.1, 0.15) is 18.9 Å². The standard InChI is InChI=1S/C15H19ClN2O/c1-2-8-18(9-10-19)11-12-5-6-14(16)13-4-3-7-17-15(12)13/h3-7,19H,2,8-11H2,1H3. The molecule has 0 aliphatic heterocycles. The van der Waals surface area contributed by atoms with Crippen molar-refractivity contribution < 1.29 is 5.11 Å². The van der Waals surface area contributed by atoms with Crippen LogP contribution in [0.15, 0.2) is 30.5 Å². The average Bonchev–Trinajstić information content (AvgIpc) is 2.43. The van der Waals surface area contributed by atoms with E-state index in [9.17, 15) is 0 Å². The highest BCUT2D eigenvalue weighted by atomic mass is 35.5. The molecule has 2 rings (SSSR count). The van der Waals surface area contributed by atoms with E-state index in [4.69, 9.17) is 16.7 Å². The van der Waals surface area contributed by atoms with Crippen LogP contribution in [-0.2, 0) is 6.54 Å². The predicted molar refractivity (Wildman–Crippen MR) is 79.4 cm³/mol. The first kappa shape index (κ1) is 14.3. The normalized spacial score (nSPS) is 11.4. The smallest absolute Gasteiger partial charge is 0.0761 e. The van der Waals surface area contributed by atoms with Gasteiger partial charge in [-0.3, -0.25) is 9.88 Å². The maximum atomic E-state index is 9.12. The van der Waals surface area contributed by atoms with Crippen molar-refractivity contribution >= 4 is 22.5 Å². The largest absolute Gasteiger partial charge is 0.395 e. The first-order chi connectivity index (χ1) is 9.26. The molecule has 0 unspecified atom stereocenters. The lowest BCUT2D eigenvalue weighted by Crippen LogP contribution is -2.27. The van der Waals surface area contributed by atoms with Crippen molar-refractivity contribution in [2.45, 2.75) is 19.9 Å². The summed E-state index contributed by atoms with van der Waals surface area (Å²) in [6, 6.07) is 7.83. The van der Waals surface area contributed by atoms with Gasteiger partial charge in [-0.05, 0) is 36.7 Å². The summed E-state index contributed by atoms with van der Waals surface area (Å²) >= 11 is 6.19. The molecule has 0 aliphatic carbocycles. The lowest BCUT2D eigenvalue weighted by molar-refractivity contribution is 0.191. The minimum absolute atomic E-state index is 0.180. The summed E-state index contributed by atoms with van der Waals surface area (Å²) in [5, 5.41) is 10.8. The zero-order chi connectivity index (χ0) is 13.7. The molecular formula is C15H19ClN2O. The molecule has 0 bridgehead atoms. The maximum Gasteiger partial charge on any atom is 0.0761 e. The van der Waals surface area contributed by atoms with Gasteiger partial charge in [0.2, 0.25) is 0 Å². The number of aliphatic hydroxyl groups is 1. The van der Waals surface area contributed by atoms with E-state index in [-0.39, 0.29) is 6.61 Å². The highest BCUT2D eigenvalue weighted by molar-refractivity contribution is 6.35. The van der Waals surface area contributed by atoms with Crippen molar-refractivity contribution in [3.63, 3.8) is 0 Å². The van der Waals surface area contributed by atoms with E-state index in [0.29, 0.717) is 6.54 Å². The van der Waals surface area contributed by atoms with Gasteiger partial charge in [-0.1, -0.05) is 24.6 Å². The van der Waals surface area contributed by atoms with E-state index >= 15 is 0 Å². The quantitative estimate of drug-likeness (QED) is 0.882. The highest BCUT2D eigenvalue weighted by Gasteiger charge is 2.09. The first-order valence-corrected chi connectivity index (χ1v) is 6.99. The van der Waals surface area contributed by atoms with Gasteiger partial charge in [0.05, 0.1) is 12.1 Å². The Bertz CT molecular complexity index is 539. The minimum atomic E-state index is 0.180. The van der Waals surface area contributed by atoms with Crippen molar-refractivity contribution in [1.82, 2.24) is 9.88 Å². The molecule has 1 heterocycles. The fraction of sp³-hybridized carbons (Fsp3) is 0.400. The second-order valence-corrected chi connectivity index (χ2v) is 5.01. The van der Waals surface area contributed by atoms with Gasteiger partial charge in [0.25, 0.3) is 0 Å². The zero-order valence-corrected chi connectivity index (χ0v) is 11.9. The van der Waals surface area contributed by atoms with E-state index in [1.807, 2.05) is 24.3 Å². The van der Waals surface area contributed by atoms with Crippen LogP contribution in [0.4, 0.5) is 0 Å². The third-order valence-corrected chi connectivity index (χ3v) is 3.48. The lowest BCUT2D eigenvalue weighted by atomic mass is 10.1. The summed E-state index contributed by atoms with van der Waals surface area (Å²) < 4.78 is 0. The minimum Gasteiger partial charge on any atom is -0.395 e. The van der Waals surface area contributed by atoms with Gasteiger partial charge in [0.15, 0.2) is 0 Å². The summed E-state index contributed by atoms with van der Waals surface area (Å²) in [4.78, 5) is 6.68. The number of hydrogen-bond acceptors (Lipinski definition) is 3. The number of pyridine rings is 1. The van der Waals surface area contributed by atoms with E-state index < -0.39 is 0 Å². The second kappa shape index (κ2) is 6.85. The molecule has 1 aromatic carbocycles. The van der Waals surface area contributed by atoms with Crippen LogP contribution in [0.25, 0.3) is 10.9 Å². The number of hydrogen-bond donors (Lipinski definition) is 1. The van der Waals surface area contributed by atoms with Gasteiger partial charge >= 0.3 is 0 Å². The number of aromatic nitrogens is 1. The molecule has 2 aromatic rings. The predicted octanol–water partition coefficient (Wildman–Crippen LogP) is 3.09. The third-order valence-electron chi connectivity index (χ3n) is 3.15. The van der Waals surface area contributed by atoms with Crippen molar-refractivity contribution in [1.29, 1.82) is 0 Å². The fourth-order valence-electron chi connectivity index (χ4n) is 2.29. The Morgan fingerprint density at radius 1 is 1.26 bits per heavy atom. The van der Waals surface area contributed by atoms with Crippen LogP contribution >= 0.6 is 11.6 Å². The van der Waals surface area contributed by atoms with E-state index in [1.54, 1.807) is 6.20 Å². The third kappa shape index (κ3) is 3.44. The molecule has 0 aliphatic rings. The number of rotatable bonds is 6. The Hall–Kier alpha value is -1.16. The molecule has 0 spiro atoms. The van der Waals surface area contributed by atoms with Gasteiger partial charge < -0.3 is 5.11 Å². The molecule has 0 amide bonds. The van der Waals surface area contributed by atoms with Gasteiger partial charge in [0, 0.05) is 29.7 Å². The van der Waals surface area contributed by atoms with Crippen molar-refractivity contribution in [2.24, 2.45) is 0 Å². The van der Waals surface area contributed by atoms with Crippen LogP contribution in [0.2, 0.25) is 5.02 Å². The number of benzene rings is 1. The van der Waals surface area contributed by atoms with E-state index in [1.165, 1.54) is 0 Å². The molecule has 0 radical (unpaired) electrons.